The van der Waals surface area contributed by atoms with Gasteiger partial charge in [-0.2, -0.15) is 0 Å². The molecular weight excluding hydrogens is 412 g/mol. The lowest BCUT2D eigenvalue weighted by Gasteiger charge is -2.42. The number of allylic oxidation sites excluding steroid dienone is 3. The summed E-state index contributed by atoms with van der Waals surface area (Å²) in [4.78, 5) is 22.5. The topological polar surface area (TPSA) is 74.6 Å². The van der Waals surface area contributed by atoms with E-state index in [1.807, 2.05) is 6.07 Å². The standard InChI is InChI=1S/C29H34O4/c1-19(21-11-13-24-25(18-21)29(4,5)16-15-28(24,2)3)9-10-20(12-14-26(30)31)22-7-6-8-23(17-22)27(32)33/h6-9,11-14,17-18,20H,10,15-16H2,1-5H3,(H,30,31)(H,32,33)/b14-12?,19-9-. The Kier molecular flexibility index (Phi) is 6.97. The minimum absolute atomic E-state index is 0.130. The second-order valence-electron chi connectivity index (χ2n) is 10.4. The molecule has 1 atom stereocenters. The Bertz CT molecular complexity index is 1120. The van der Waals surface area contributed by atoms with Gasteiger partial charge in [0.15, 0.2) is 0 Å². The van der Waals surface area contributed by atoms with Crippen LogP contribution in [-0.2, 0) is 15.6 Å². The smallest absolute Gasteiger partial charge is 0.335 e. The minimum Gasteiger partial charge on any atom is -0.478 e. The van der Waals surface area contributed by atoms with E-state index in [-0.39, 0.29) is 22.3 Å². The zero-order chi connectivity index (χ0) is 24.4. The first kappa shape index (κ1) is 24.5. The summed E-state index contributed by atoms with van der Waals surface area (Å²) in [6, 6.07) is 13.5. The van der Waals surface area contributed by atoms with Gasteiger partial charge in [-0.15, -0.1) is 0 Å². The zero-order valence-electron chi connectivity index (χ0n) is 20.2. The van der Waals surface area contributed by atoms with Gasteiger partial charge in [-0.05, 0) is 77.0 Å². The fourth-order valence-corrected chi connectivity index (χ4v) is 4.68. The van der Waals surface area contributed by atoms with E-state index in [0.717, 1.165) is 23.6 Å². The van der Waals surface area contributed by atoms with Crippen LogP contribution in [0.3, 0.4) is 0 Å². The van der Waals surface area contributed by atoms with E-state index >= 15 is 0 Å². The molecule has 1 aliphatic carbocycles. The summed E-state index contributed by atoms with van der Waals surface area (Å²) in [5.74, 6) is -2.25. The molecule has 174 valence electrons. The number of rotatable bonds is 7. The first-order valence-corrected chi connectivity index (χ1v) is 11.5. The molecule has 1 aliphatic rings. The average molecular weight is 447 g/mol. The predicted octanol–water partition coefficient (Wildman–Crippen LogP) is 6.95. The van der Waals surface area contributed by atoms with Crippen molar-refractivity contribution < 1.29 is 19.8 Å². The van der Waals surface area contributed by atoms with Gasteiger partial charge < -0.3 is 10.2 Å². The molecule has 0 radical (unpaired) electrons. The van der Waals surface area contributed by atoms with Gasteiger partial charge in [0.2, 0.25) is 0 Å². The number of carbonyl (C=O) groups is 2. The molecule has 1 unspecified atom stereocenters. The molecule has 0 amide bonds. The van der Waals surface area contributed by atoms with Crippen LogP contribution in [0.4, 0.5) is 0 Å². The highest BCUT2D eigenvalue weighted by Gasteiger charge is 2.36. The zero-order valence-corrected chi connectivity index (χ0v) is 20.2. The van der Waals surface area contributed by atoms with Crippen LogP contribution in [0.1, 0.15) is 92.4 Å². The van der Waals surface area contributed by atoms with Crippen molar-refractivity contribution >= 4 is 17.5 Å². The number of hydrogen-bond donors (Lipinski definition) is 2. The van der Waals surface area contributed by atoms with Crippen LogP contribution in [0, 0.1) is 0 Å². The third kappa shape index (κ3) is 5.62. The summed E-state index contributed by atoms with van der Waals surface area (Å²) in [6.45, 7) is 11.3. The van der Waals surface area contributed by atoms with Crippen molar-refractivity contribution in [3.63, 3.8) is 0 Å². The Balaban J connectivity index is 1.93. The van der Waals surface area contributed by atoms with Crippen LogP contribution < -0.4 is 0 Å². The molecule has 0 fully saturated rings. The Labute approximate surface area is 196 Å². The van der Waals surface area contributed by atoms with E-state index in [4.69, 9.17) is 5.11 Å². The Hall–Kier alpha value is -3.14. The van der Waals surface area contributed by atoms with Gasteiger partial charge in [-0.3, -0.25) is 0 Å². The van der Waals surface area contributed by atoms with Gasteiger partial charge in [0.05, 0.1) is 5.56 Å². The Morgan fingerprint density at radius 2 is 1.61 bits per heavy atom. The molecule has 0 aromatic heterocycles. The molecule has 2 aromatic carbocycles. The second kappa shape index (κ2) is 9.38. The number of fused-ring (bicyclic) bond motifs is 1. The van der Waals surface area contributed by atoms with Crippen molar-refractivity contribution in [1.82, 2.24) is 0 Å². The summed E-state index contributed by atoms with van der Waals surface area (Å²) in [5.41, 5.74) is 6.39. The van der Waals surface area contributed by atoms with Crippen molar-refractivity contribution in [2.24, 2.45) is 0 Å². The highest BCUT2D eigenvalue weighted by molar-refractivity contribution is 5.87. The fourth-order valence-electron chi connectivity index (χ4n) is 4.68. The largest absolute Gasteiger partial charge is 0.478 e. The predicted molar refractivity (Wildman–Crippen MR) is 133 cm³/mol. The molecule has 33 heavy (non-hydrogen) atoms. The summed E-state index contributed by atoms with van der Waals surface area (Å²) >= 11 is 0. The van der Waals surface area contributed by atoms with Gasteiger partial charge in [0.1, 0.15) is 0 Å². The van der Waals surface area contributed by atoms with Crippen LogP contribution in [0.15, 0.2) is 60.7 Å². The SMILES string of the molecule is C/C(=C/CC(C=CC(=O)O)c1cccc(C(=O)O)c1)c1ccc2c(c1)C(C)(C)CCC2(C)C. The molecule has 0 spiro atoms. The number of hydrogen-bond acceptors (Lipinski definition) is 2. The van der Waals surface area contributed by atoms with Gasteiger partial charge in [-0.1, -0.05) is 70.2 Å². The number of aromatic carboxylic acids is 1. The van der Waals surface area contributed by atoms with Crippen LogP contribution in [0.2, 0.25) is 0 Å². The third-order valence-corrected chi connectivity index (χ3v) is 7.02. The molecule has 4 nitrogen and oxygen atoms in total. The summed E-state index contributed by atoms with van der Waals surface area (Å²) < 4.78 is 0. The average Bonchev–Trinajstić information content (AvgIpc) is 2.76. The summed E-state index contributed by atoms with van der Waals surface area (Å²) in [6.07, 6.45) is 7.78. The molecule has 2 aromatic rings. The molecule has 0 heterocycles. The maximum atomic E-state index is 11.4. The van der Waals surface area contributed by atoms with Crippen molar-refractivity contribution in [2.45, 2.75) is 70.6 Å². The molecular formula is C29H34O4. The van der Waals surface area contributed by atoms with Crippen LogP contribution in [0.25, 0.3) is 5.57 Å². The molecule has 0 saturated heterocycles. The second-order valence-corrected chi connectivity index (χ2v) is 10.4. The normalized spacial score (nSPS) is 18.0. The fraction of sp³-hybridized carbons (Fsp3) is 0.379. The van der Waals surface area contributed by atoms with Crippen molar-refractivity contribution in [3.05, 3.63) is 88.5 Å². The molecule has 2 N–H and O–H groups in total. The van der Waals surface area contributed by atoms with Crippen LogP contribution >= 0.6 is 0 Å². The molecule has 0 saturated carbocycles. The Morgan fingerprint density at radius 3 is 2.24 bits per heavy atom. The van der Waals surface area contributed by atoms with E-state index in [0.29, 0.717) is 6.42 Å². The summed E-state index contributed by atoms with van der Waals surface area (Å²) in [7, 11) is 0. The van der Waals surface area contributed by atoms with E-state index in [1.165, 1.54) is 23.1 Å². The van der Waals surface area contributed by atoms with Crippen LogP contribution in [0.5, 0.6) is 0 Å². The highest BCUT2D eigenvalue weighted by Crippen LogP contribution is 2.46. The number of aliphatic carboxylic acids is 1. The van der Waals surface area contributed by atoms with E-state index in [1.54, 1.807) is 24.3 Å². The van der Waals surface area contributed by atoms with Gasteiger partial charge in [0, 0.05) is 12.0 Å². The first-order valence-electron chi connectivity index (χ1n) is 11.5. The third-order valence-electron chi connectivity index (χ3n) is 7.02. The molecule has 4 heteroatoms. The maximum absolute atomic E-state index is 11.4. The lowest BCUT2D eigenvalue weighted by Crippen LogP contribution is -2.33. The van der Waals surface area contributed by atoms with E-state index < -0.39 is 11.9 Å². The van der Waals surface area contributed by atoms with E-state index in [2.05, 4.69) is 58.9 Å². The quantitative estimate of drug-likeness (QED) is 0.451. The van der Waals surface area contributed by atoms with Crippen molar-refractivity contribution in [1.29, 1.82) is 0 Å². The molecule has 0 aliphatic heterocycles. The van der Waals surface area contributed by atoms with Gasteiger partial charge in [0.25, 0.3) is 0 Å². The first-order chi connectivity index (χ1) is 15.4. The molecule has 0 bridgehead atoms. The van der Waals surface area contributed by atoms with E-state index in [9.17, 15) is 14.7 Å². The number of carboxylic acids is 2. The van der Waals surface area contributed by atoms with Gasteiger partial charge >= 0.3 is 11.9 Å². The van der Waals surface area contributed by atoms with Crippen molar-refractivity contribution in [2.75, 3.05) is 0 Å². The van der Waals surface area contributed by atoms with Gasteiger partial charge in [-0.25, -0.2) is 9.59 Å². The maximum Gasteiger partial charge on any atom is 0.335 e. The number of benzene rings is 2. The monoisotopic (exact) mass is 446 g/mol. The summed E-state index contributed by atoms with van der Waals surface area (Å²) in [5, 5.41) is 18.4. The lowest BCUT2D eigenvalue weighted by atomic mass is 9.63. The highest BCUT2D eigenvalue weighted by atomic mass is 16.4. The lowest BCUT2D eigenvalue weighted by molar-refractivity contribution is -0.131. The van der Waals surface area contributed by atoms with Crippen LogP contribution in [-0.4, -0.2) is 22.2 Å². The molecule has 3 rings (SSSR count). The minimum atomic E-state index is -1.02. The Morgan fingerprint density at radius 1 is 0.939 bits per heavy atom. The van der Waals surface area contributed by atoms with Crippen molar-refractivity contribution in [3.8, 4) is 0 Å². The number of carboxylic acid groups (broad SMARTS) is 2.